The van der Waals surface area contributed by atoms with Gasteiger partial charge in [0, 0.05) is 7.05 Å². The lowest BCUT2D eigenvalue weighted by Crippen LogP contribution is -1.90. The van der Waals surface area contributed by atoms with E-state index in [1.807, 2.05) is 0 Å². The van der Waals surface area contributed by atoms with Gasteiger partial charge in [-0.05, 0) is 0 Å². The Bertz CT molecular complexity index is 323. The van der Waals surface area contributed by atoms with Crippen LogP contribution in [0.4, 0.5) is 5.69 Å². The first-order valence-electron chi connectivity index (χ1n) is 2.99. The summed E-state index contributed by atoms with van der Waals surface area (Å²) in [6.07, 6.45) is 0. The molecule has 7 heteroatoms. The van der Waals surface area contributed by atoms with Gasteiger partial charge in [-0.3, -0.25) is 14.8 Å². The molecule has 0 aliphatic rings. The predicted octanol–water partition coefficient (Wildman–Crippen LogP) is 1.72. The van der Waals surface area contributed by atoms with Crippen LogP contribution in [0.5, 0.6) is 0 Å². The first-order valence-corrected chi connectivity index (χ1v) is 3.91. The highest BCUT2D eigenvalue weighted by Crippen LogP contribution is 2.28. The Morgan fingerprint density at radius 2 is 2.33 bits per heavy atom. The Morgan fingerprint density at radius 1 is 1.75 bits per heavy atom. The summed E-state index contributed by atoms with van der Waals surface area (Å²) in [5.41, 5.74) is -0.0247. The molecule has 1 rings (SSSR count). The van der Waals surface area contributed by atoms with Crippen LogP contribution < -0.4 is 0 Å². The molecule has 12 heavy (non-hydrogen) atoms. The van der Waals surface area contributed by atoms with Crippen molar-refractivity contribution in [1.82, 2.24) is 9.78 Å². The molecule has 0 radical (unpaired) electrons. The largest absolute Gasteiger partial charge is 0.330 e. The molecule has 0 saturated carbocycles. The monoisotopic (exact) mass is 209 g/mol. The molecule has 0 aromatic carbocycles. The molecule has 1 aromatic heterocycles. The Hall–Kier alpha value is -0.810. The van der Waals surface area contributed by atoms with Crippen molar-refractivity contribution in [1.29, 1.82) is 0 Å². The highest BCUT2D eigenvalue weighted by molar-refractivity contribution is 6.32. The van der Waals surface area contributed by atoms with E-state index >= 15 is 0 Å². The van der Waals surface area contributed by atoms with Gasteiger partial charge in [-0.25, -0.2) is 0 Å². The minimum Gasteiger partial charge on any atom is -0.258 e. The number of nitrogens with zero attached hydrogens (tertiary/aromatic N) is 3. The average Bonchev–Trinajstić information content (AvgIpc) is 2.28. The van der Waals surface area contributed by atoms with E-state index < -0.39 is 4.92 Å². The third-order valence-electron chi connectivity index (χ3n) is 1.33. The molecule has 0 unspecified atom stereocenters. The van der Waals surface area contributed by atoms with Gasteiger partial charge >= 0.3 is 5.69 Å². The zero-order valence-corrected chi connectivity index (χ0v) is 7.63. The van der Waals surface area contributed by atoms with E-state index in [0.717, 1.165) is 0 Å². The molecule has 5 nitrogen and oxygen atoms in total. The molecule has 0 amide bonds. The summed E-state index contributed by atoms with van der Waals surface area (Å²) in [6, 6.07) is 0. The van der Waals surface area contributed by atoms with E-state index in [0.29, 0.717) is 0 Å². The Labute approximate surface area is 78.0 Å². The lowest BCUT2D eigenvalue weighted by molar-refractivity contribution is -0.385. The normalized spacial score (nSPS) is 10.2. The molecule has 0 spiro atoms. The molecule has 0 aliphatic carbocycles. The summed E-state index contributed by atoms with van der Waals surface area (Å²) in [6.45, 7) is 0. The van der Waals surface area contributed by atoms with Gasteiger partial charge in [-0.15, -0.1) is 11.6 Å². The topological polar surface area (TPSA) is 61.0 Å². The smallest absolute Gasteiger partial charge is 0.258 e. The Balaban J connectivity index is 3.31. The van der Waals surface area contributed by atoms with Gasteiger partial charge in [0.25, 0.3) is 0 Å². The molecule has 0 N–H and O–H groups in total. The van der Waals surface area contributed by atoms with Crippen molar-refractivity contribution in [2.24, 2.45) is 7.05 Å². The number of nitro groups is 1. The van der Waals surface area contributed by atoms with Crippen LogP contribution in [0.15, 0.2) is 0 Å². The number of hydrogen-bond acceptors (Lipinski definition) is 3. The Kier molecular flexibility index (Phi) is 2.54. The lowest BCUT2D eigenvalue weighted by Gasteiger charge is -1.88. The molecule has 0 atom stereocenters. The molecule has 0 saturated heterocycles. The molecular formula is C5H5Cl2N3O2. The number of alkyl halides is 1. The summed E-state index contributed by atoms with van der Waals surface area (Å²) in [5.74, 6) is -0.0170. The summed E-state index contributed by atoms with van der Waals surface area (Å²) in [7, 11) is 1.52. The van der Waals surface area contributed by atoms with Crippen molar-refractivity contribution in [2.75, 3.05) is 0 Å². The predicted molar refractivity (Wildman–Crippen MR) is 44.4 cm³/mol. The van der Waals surface area contributed by atoms with Crippen LogP contribution >= 0.6 is 23.2 Å². The molecule has 66 valence electrons. The van der Waals surface area contributed by atoms with Gasteiger partial charge in [0.15, 0.2) is 5.69 Å². The SMILES string of the molecule is Cn1nc(CCl)c([N+](=O)[O-])c1Cl. The fourth-order valence-electron chi connectivity index (χ4n) is 0.815. The molecule has 0 aliphatic heterocycles. The summed E-state index contributed by atoms with van der Waals surface area (Å²) < 4.78 is 1.22. The number of aryl methyl sites for hydroxylation is 1. The van der Waals surface area contributed by atoms with Crippen molar-refractivity contribution in [3.05, 3.63) is 21.0 Å². The van der Waals surface area contributed by atoms with E-state index in [1.54, 1.807) is 0 Å². The maximum atomic E-state index is 10.4. The Morgan fingerprint density at radius 3 is 2.67 bits per heavy atom. The van der Waals surface area contributed by atoms with Gasteiger partial charge in [0.1, 0.15) is 0 Å². The molecule has 0 bridgehead atoms. The maximum Gasteiger partial charge on any atom is 0.330 e. The van der Waals surface area contributed by atoms with Crippen LogP contribution in [0.2, 0.25) is 5.15 Å². The lowest BCUT2D eigenvalue weighted by atomic mass is 10.4. The second kappa shape index (κ2) is 3.28. The number of hydrogen-bond donors (Lipinski definition) is 0. The van der Waals surface area contributed by atoms with Crippen molar-refractivity contribution in [3.63, 3.8) is 0 Å². The zero-order valence-electron chi connectivity index (χ0n) is 6.12. The van der Waals surface area contributed by atoms with Crippen LogP contribution in [0.25, 0.3) is 0 Å². The van der Waals surface area contributed by atoms with Gasteiger partial charge in [0.2, 0.25) is 5.15 Å². The van der Waals surface area contributed by atoms with E-state index in [2.05, 4.69) is 5.10 Å². The third kappa shape index (κ3) is 1.37. The molecular weight excluding hydrogens is 205 g/mol. The summed E-state index contributed by atoms with van der Waals surface area (Å²) >= 11 is 11.0. The van der Waals surface area contributed by atoms with Crippen LogP contribution in [0, 0.1) is 10.1 Å². The van der Waals surface area contributed by atoms with Gasteiger partial charge in [0.05, 0.1) is 10.8 Å². The fourth-order valence-corrected chi connectivity index (χ4v) is 1.21. The molecule has 0 fully saturated rings. The van der Waals surface area contributed by atoms with Gasteiger partial charge in [-0.2, -0.15) is 5.10 Å². The maximum absolute atomic E-state index is 10.4. The van der Waals surface area contributed by atoms with Crippen molar-refractivity contribution in [2.45, 2.75) is 5.88 Å². The molecule has 1 aromatic rings. The third-order valence-corrected chi connectivity index (χ3v) is 2.01. The summed E-state index contributed by atoms with van der Waals surface area (Å²) in [4.78, 5) is 9.83. The number of aromatic nitrogens is 2. The van der Waals surface area contributed by atoms with Crippen molar-refractivity contribution >= 4 is 28.9 Å². The first-order chi connectivity index (χ1) is 5.57. The number of rotatable bonds is 2. The second-order valence-corrected chi connectivity index (χ2v) is 2.73. The quantitative estimate of drug-likeness (QED) is 0.424. The van der Waals surface area contributed by atoms with Gasteiger partial charge in [-0.1, -0.05) is 11.6 Å². The highest BCUT2D eigenvalue weighted by atomic mass is 35.5. The molecule has 1 heterocycles. The van der Waals surface area contributed by atoms with Crippen molar-refractivity contribution < 1.29 is 4.92 Å². The number of halogens is 2. The van der Waals surface area contributed by atoms with Gasteiger partial charge < -0.3 is 0 Å². The van der Waals surface area contributed by atoms with E-state index in [-0.39, 0.29) is 22.4 Å². The summed E-state index contributed by atoms with van der Waals surface area (Å²) in [5, 5.41) is 14.2. The van der Waals surface area contributed by atoms with E-state index in [1.165, 1.54) is 11.7 Å². The van der Waals surface area contributed by atoms with Crippen LogP contribution in [-0.2, 0) is 12.9 Å². The van der Waals surface area contributed by atoms with Crippen LogP contribution in [0.1, 0.15) is 5.69 Å². The van der Waals surface area contributed by atoms with Crippen LogP contribution in [0.3, 0.4) is 0 Å². The fraction of sp³-hybridized carbons (Fsp3) is 0.400. The first kappa shape index (κ1) is 9.28. The van der Waals surface area contributed by atoms with E-state index in [4.69, 9.17) is 23.2 Å². The average molecular weight is 210 g/mol. The van der Waals surface area contributed by atoms with Crippen molar-refractivity contribution in [3.8, 4) is 0 Å². The minimum atomic E-state index is -0.590. The van der Waals surface area contributed by atoms with Crippen LogP contribution in [-0.4, -0.2) is 14.7 Å². The minimum absolute atomic E-state index is 0.00403. The van der Waals surface area contributed by atoms with E-state index in [9.17, 15) is 10.1 Å². The standard InChI is InChI=1S/C5H5Cl2N3O2/c1-9-5(7)4(10(11)12)3(2-6)8-9/h2H2,1H3. The second-order valence-electron chi connectivity index (χ2n) is 2.10. The highest BCUT2D eigenvalue weighted by Gasteiger charge is 2.24. The zero-order chi connectivity index (χ0) is 9.30.